The zero-order chi connectivity index (χ0) is 22.9. The summed E-state index contributed by atoms with van der Waals surface area (Å²) in [4.78, 5) is 37.1. The zero-order valence-electron chi connectivity index (χ0n) is 16.8. The highest BCUT2D eigenvalue weighted by atomic mass is 32.2. The first-order chi connectivity index (χ1) is 14.7. The van der Waals surface area contributed by atoms with Crippen LogP contribution in [0.2, 0.25) is 0 Å². The van der Waals surface area contributed by atoms with Gasteiger partial charge in [0.15, 0.2) is 11.5 Å². The predicted molar refractivity (Wildman–Crippen MR) is 110 cm³/mol. The van der Waals surface area contributed by atoms with E-state index in [0.29, 0.717) is 23.7 Å². The monoisotopic (exact) mass is 446 g/mol. The molecule has 0 saturated heterocycles. The van der Waals surface area contributed by atoms with Gasteiger partial charge in [0.25, 0.3) is 17.5 Å². The number of nitro benzene ring substituents is 1. The van der Waals surface area contributed by atoms with Crippen molar-refractivity contribution in [3.8, 4) is 11.5 Å². The minimum atomic E-state index is -2.72. The lowest BCUT2D eigenvalue weighted by atomic mass is 10.0. The number of hydrogen-bond donors (Lipinski definition) is 0. The molecule has 3 rings (SSSR count). The van der Waals surface area contributed by atoms with E-state index in [2.05, 4.69) is 0 Å². The molecule has 0 radical (unpaired) electrons. The summed E-state index contributed by atoms with van der Waals surface area (Å²) in [5.41, 5.74) is -0.250. The van der Waals surface area contributed by atoms with Crippen molar-refractivity contribution in [1.29, 1.82) is 0 Å². The molecule has 162 valence electrons. The predicted octanol–water partition coefficient (Wildman–Crippen LogP) is 2.41. The Morgan fingerprint density at radius 2 is 1.77 bits per heavy atom. The molecule has 0 saturated carbocycles. The molecule has 2 amide bonds. The number of nitrogens with zero attached hydrogens (tertiary/aromatic N) is 2. The van der Waals surface area contributed by atoms with Crippen LogP contribution in [0.4, 0.5) is 5.69 Å². The number of ether oxygens (including phenoxy) is 2. The number of rotatable bonds is 7. The van der Waals surface area contributed by atoms with Crippen LogP contribution in [-0.4, -0.2) is 48.6 Å². The summed E-state index contributed by atoms with van der Waals surface area (Å²) >= 11 is 0. The van der Waals surface area contributed by atoms with Crippen molar-refractivity contribution in [2.24, 2.45) is 0 Å². The first-order valence-corrected chi connectivity index (χ1v) is 10.2. The molecular weight excluding hydrogens is 428 g/mol. The number of imide groups is 1. The molecule has 0 N–H and O–H groups in total. The highest BCUT2D eigenvalue weighted by Gasteiger charge is 2.43. The number of carbonyl (C=O) groups is 2. The van der Waals surface area contributed by atoms with E-state index in [0.717, 1.165) is 17.0 Å². The highest BCUT2D eigenvalue weighted by Crippen LogP contribution is 2.37. The molecule has 0 aliphatic carbocycles. The first-order valence-electron chi connectivity index (χ1n) is 9.11. The standard InChI is InChI=1S/C20H18N2O8S/c1-4-30-17-9-12(5-8-16(17)29-3)18(11(2)31(27)28)21-19(23)14-7-6-13(22(25)26)10-15(14)20(21)24/h5-10,18H,4H2,1-3H3. The molecule has 10 nitrogen and oxygen atoms in total. The maximum absolute atomic E-state index is 13.1. The van der Waals surface area contributed by atoms with Crippen molar-refractivity contribution < 1.29 is 32.4 Å². The number of methoxy groups -OCH3 is 1. The molecule has 1 aliphatic rings. The second-order valence-electron chi connectivity index (χ2n) is 6.56. The number of non-ortho nitro benzene ring substituents is 1. The fraction of sp³-hybridized carbons (Fsp3) is 0.250. The fourth-order valence-corrected chi connectivity index (χ4v) is 3.81. The van der Waals surface area contributed by atoms with Gasteiger partial charge in [-0.2, -0.15) is 8.42 Å². The normalized spacial score (nSPS) is 13.6. The summed E-state index contributed by atoms with van der Waals surface area (Å²) in [5.74, 6) is -0.877. The van der Waals surface area contributed by atoms with Crippen LogP contribution in [0, 0.1) is 10.1 Å². The van der Waals surface area contributed by atoms with Crippen molar-refractivity contribution in [2.45, 2.75) is 19.9 Å². The molecule has 0 aromatic heterocycles. The highest BCUT2D eigenvalue weighted by molar-refractivity contribution is 7.73. The lowest BCUT2D eigenvalue weighted by molar-refractivity contribution is -0.384. The molecule has 0 fully saturated rings. The van der Waals surface area contributed by atoms with Crippen LogP contribution in [0.25, 0.3) is 0 Å². The molecule has 1 heterocycles. The van der Waals surface area contributed by atoms with Gasteiger partial charge in [0.1, 0.15) is 6.04 Å². The van der Waals surface area contributed by atoms with Gasteiger partial charge < -0.3 is 9.47 Å². The lowest BCUT2D eigenvalue weighted by Crippen LogP contribution is -2.38. The summed E-state index contributed by atoms with van der Waals surface area (Å²) < 4.78 is 34.4. The van der Waals surface area contributed by atoms with Gasteiger partial charge in [-0.15, -0.1) is 0 Å². The second-order valence-corrected chi connectivity index (χ2v) is 7.67. The summed E-state index contributed by atoms with van der Waals surface area (Å²) in [6.07, 6.45) is 0. The van der Waals surface area contributed by atoms with E-state index in [1.807, 2.05) is 0 Å². The van der Waals surface area contributed by atoms with Crippen LogP contribution in [0.15, 0.2) is 36.4 Å². The number of amides is 2. The largest absolute Gasteiger partial charge is 0.493 e. The van der Waals surface area contributed by atoms with E-state index in [1.165, 1.54) is 38.3 Å². The number of fused-ring (bicyclic) bond motifs is 1. The Kier molecular flexibility index (Phi) is 6.07. The Morgan fingerprint density at radius 1 is 1.10 bits per heavy atom. The maximum atomic E-state index is 13.1. The average molecular weight is 446 g/mol. The van der Waals surface area contributed by atoms with Crippen LogP contribution in [0.5, 0.6) is 11.5 Å². The molecule has 2 aromatic rings. The van der Waals surface area contributed by atoms with E-state index < -0.39 is 33.1 Å². The van der Waals surface area contributed by atoms with Gasteiger partial charge in [0, 0.05) is 12.1 Å². The minimum absolute atomic E-state index is 0.0383. The van der Waals surface area contributed by atoms with Crippen molar-refractivity contribution in [3.63, 3.8) is 0 Å². The molecule has 1 aliphatic heterocycles. The Morgan fingerprint density at radius 3 is 2.35 bits per heavy atom. The summed E-state index contributed by atoms with van der Waals surface area (Å²) in [7, 11) is -1.28. The molecule has 31 heavy (non-hydrogen) atoms. The Labute approximate surface area is 178 Å². The summed E-state index contributed by atoms with van der Waals surface area (Å²) in [6, 6.07) is 6.60. The van der Waals surface area contributed by atoms with Gasteiger partial charge in [0.05, 0.1) is 34.6 Å². The fourth-order valence-electron chi connectivity index (χ4n) is 3.38. The van der Waals surface area contributed by atoms with Crippen LogP contribution in [0.3, 0.4) is 0 Å². The van der Waals surface area contributed by atoms with Crippen LogP contribution >= 0.6 is 0 Å². The van der Waals surface area contributed by atoms with Crippen molar-refractivity contribution in [3.05, 3.63) is 63.2 Å². The van der Waals surface area contributed by atoms with Gasteiger partial charge in [0.2, 0.25) is 10.3 Å². The third-order valence-corrected chi connectivity index (χ3v) is 5.57. The third kappa shape index (κ3) is 3.87. The smallest absolute Gasteiger partial charge is 0.270 e. The van der Waals surface area contributed by atoms with Gasteiger partial charge in [-0.05, 0) is 37.6 Å². The van der Waals surface area contributed by atoms with E-state index in [-0.39, 0.29) is 21.7 Å². The van der Waals surface area contributed by atoms with E-state index in [4.69, 9.17) is 9.47 Å². The third-order valence-electron chi connectivity index (χ3n) is 4.82. The SMILES string of the molecule is CCOc1cc(C(C(C)=S(=O)=O)N2C(=O)c3ccc([N+](=O)[O-])cc3C2=O)ccc1OC. The molecule has 0 spiro atoms. The van der Waals surface area contributed by atoms with Gasteiger partial charge in [-0.1, -0.05) is 6.07 Å². The molecular formula is C20H18N2O8S. The van der Waals surface area contributed by atoms with Crippen LogP contribution in [-0.2, 0) is 10.3 Å². The van der Waals surface area contributed by atoms with Crippen molar-refractivity contribution in [2.75, 3.05) is 13.7 Å². The van der Waals surface area contributed by atoms with E-state index >= 15 is 0 Å². The lowest BCUT2D eigenvalue weighted by Gasteiger charge is -2.26. The quantitative estimate of drug-likeness (QED) is 0.274. The van der Waals surface area contributed by atoms with Gasteiger partial charge >= 0.3 is 0 Å². The number of nitro groups is 1. The minimum Gasteiger partial charge on any atom is -0.493 e. The van der Waals surface area contributed by atoms with Crippen LogP contribution < -0.4 is 9.47 Å². The maximum Gasteiger partial charge on any atom is 0.270 e. The number of benzene rings is 2. The van der Waals surface area contributed by atoms with E-state index in [1.54, 1.807) is 6.92 Å². The number of carbonyl (C=O) groups excluding carboxylic acids is 2. The molecule has 1 unspecified atom stereocenters. The van der Waals surface area contributed by atoms with Crippen molar-refractivity contribution in [1.82, 2.24) is 4.90 Å². The van der Waals surface area contributed by atoms with Gasteiger partial charge in [-0.3, -0.25) is 24.6 Å². The number of hydrogen-bond acceptors (Lipinski definition) is 8. The Hall–Kier alpha value is -3.73. The first kappa shape index (κ1) is 22.0. The molecule has 0 bridgehead atoms. The molecule has 1 atom stereocenters. The Balaban J connectivity index is 2.18. The van der Waals surface area contributed by atoms with Crippen LogP contribution in [0.1, 0.15) is 46.2 Å². The Bertz CT molecular complexity index is 1230. The second kappa shape index (κ2) is 8.56. The molecule has 11 heteroatoms. The molecule has 2 aromatic carbocycles. The summed E-state index contributed by atoms with van der Waals surface area (Å²) in [6.45, 7) is 3.34. The van der Waals surface area contributed by atoms with Crippen molar-refractivity contribution >= 4 is 32.7 Å². The van der Waals surface area contributed by atoms with Gasteiger partial charge in [-0.25, -0.2) is 0 Å². The topological polar surface area (TPSA) is 133 Å². The zero-order valence-corrected chi connectivity index (χ0v) is 17.6. The average Bonchev–Trinajstić information content (AvgIpc) is 2.99. The van der Waals surface area contributed by atoms with E-state index in [9.17, 15) is 28.1 Å². The summed E-state index contributed by atoms with van der Waals surface area (Å²) in [5, 5.41) is 11.1.